The third-order valence-corrected chi connectivity index (χ3v) is 5.10. The minimum atomic E-state index is 1.24. The van der Waals surface area contributed by atoms with Gasteiger partial charge in [-0.2, -0.15) is 0 Å². The summed E-state index contributed by atoms with van der Waals surface area (Å²) < 4.78 is 0. The second-order valence-electron chi connectivity index (χ2n) is 7.48. The van der Waals surface area contributed by atoms with Gasteiger partial charge in [-0.15, -0.1) is 0 Å². The molecular weight excluding hydrogens is 288 g/mol. The van der Waals surface area contributed by atoms with Crippen molar-refractivity contribution in [2.75, 3.05) is 0 Å². The van der Waals surface area contributed by atoms with Crippen molar-refractivity contribution >= 4 is 0 Å². The van der Waals surface area contributed by atoms with Crippen molar-refractivity contribution in [2.24, 2.45) is 0 Å². The molecule has 0 aromatic carbocycles. The topological polar surface area (TPSA) is 0 Å². The van der Waals surface area contributed by atoms with E-state index in [1.54, 1.807) is 0 Å². The van der Waals surface area contributed by atoms with Gasteiger partial charge in [0.25, 0.3) is 0 Å². The van der Waals surface area contributed by atoms with Crippen LogP contribution in [0.15, 0.2) is 36.5 Å². The smallest absolute Gasteiger partial charge is 0.0348 e. The summed E-state index contributed by atoms with van der Waals surface area (Å²) in [4.78, 5) is 0. The first-order valence-corrected chi connectivity index (χ1v) is 11.0. The number of hydrogen-bond acceptors (Lipinski definition) is 0. The van der Waals surface area contributed by atoms with Crippen LogP contribution in [0, 0.1) is 0 Å². The molecule has 0 nitrogen and oxygen atoms in total. The standard InChI is InChI=1S/C12H24.C12H18/c2*1-2-4-6-8-10-12-11-9-7-5-3-1/h1-12H2;1-6H,7-12H2. The van der Waals surface area contributed by atoms with Crippen LogP contribution in [0.2, 0.25) is 0 Å². The Labute approximate surface area is 152 Å². The van der Waals surface area contributed by atoms with Crippen LogP contribution in [-0.4, -0.2) is 0 Å². The van der Waals surface area contributed by atoms with Gasteiger partial charge in [0.1, 0.15) is 0 Å². The van der Waals surface area contributed by atoms with Crippen LogP contribution in [0.25, 0.3) is 0 Å². The summed E-state index contributed by atoms with van der Waals surface area (Å²) in [6.07, 6.45) is 39.0. The fourth-order valence-corrected chi connectivity index (χ4v) is 3.48. The molecule has 0 aliphatic heterocycles. The van der Waals surface area contributed by atoms with Gasteiger partial charge in [-0.05, 0) is 25.7 Å². The quantitative estimate of drug-likeness (QED) is 0.416. The molecular formula is C24H42. The minimum Gasteiger partial charge on any atom is -0.0845 e. The van der Waals surface area contributed by atoms with Crippen LogP contribution < -0.4 is 0 Å². The largest absolute Gasteiger partial charge is 0.0845 e. The van der Waals surface area contributed by atoms with Gasteiger partial charge in [-0.3, -0.25) is 0 Å². The van der Waals surface area contributed by atoms with Crippen LogP contribution in [0.1, 0.15) is 116 Å². The molecule has 1 fully saturated rings. The lowest BCUT2D eigenvalue weighted by atomic mass is 10.0. The Hall–Kier alpha value is -0.780. The molecule has 138 valence electrons. The predicted octanol–water partition coefficient (Wildman–Crippen LogP) is 8.69. The fourth-order valence-electron chi connectivity index (χ4n) is 3.48. The van der Waals surface area contributed by atoms with Crippen molar-refractivity contribution < 1.29 is 0 Å². The molecule has 0 saturated heterocycles. The van der Waals surface area contributed by atoms with Gasteiger partial charge in [0.15, 0.2) is 0 Å². The monoisotopic (exact) mass is 330 g/mol. The lowest BCUT2D eigenvalue weighted by molar-refractivity contribution is 0.504. The highest BCUT2D eigenvalue weighted by Gasteiger charge is 1.96. The highest BCUT2D eigenvalue weighted by molar-refractivity contribution is 5.11. The minimum absolute atomic E-state index is 1.24. The molecule has 0 bridgehead atoms. The summed E-state index contributed by atoms with van der Waals surface area (Å²) in [5.41, 5.74) is 0. The van der Waals surface area contributed by atoms with E-state index in [1.165, 1.54) is 116 Å². The zero-order chi connectivity index (χ0) is 17.0. The Morgan fingerprint density at radius 3 is 0.792 bits per heavy atom. The number of allylic oxidation sites excluding steroid dienone is 6. The maximum atomic E-state index is 2.26. The molecule has 0 aromatic heterocycles. The van der Waals surface area contributed by atoms with E-state index in [-0.39, 0.29) is 0 Å². The van der Waals surface area contributed by atoms with E-state index in [9.17, 15) is 0 Å². The van der Waals surface area contributed by atoms with Gasteiger partial charge in [0, 0.05) is 0 Å². The van der Waals surface area contributed by atoms with Crippen LogP contribution in [0.3, 0.4) is 0 Å². The highest BCUT2D eigenvalue weighted by Crippen LogP contribution is 2.15. The Morgan fingerprint density at radius 2 is 0.500 bits per heavy atom. The molecule has 0 aromatic rings. The Balaban J connectivity index is 0.000000240. The normalized spacial score (nSPS) is 22.0. The van der Waals surface area contributed by atoms with Crippen LogP contribution in [0.4, 0.5) is 0 Å². The second kappa shape index (κ2) is 18.6. The Morgan fingerprint density at radius 1 is 0.250 bits per heavy atom. The first-order valence-electron chi connectivity index (χ1n) is 11.0. The molecule has 1 saturated carbocycles. The van der Waals surface area contributed by atoms with Crippen molar-refractivity contribution in [3.8, 4) is 0 Å². The average molecular weight is 331 g/mol. The van der Waals surface area contributed by atoms with E-state index >= 15 is 0 Å². The van der Waals surface area contributed by atoms with E-state index in [4.69, 9.17) is 0 Å². The molecule has 0 heterocycles. The predicted molar refractivity (Wildman–Crippen MR) is 111 cm³/mol. The van der Waals surface area contributed by atoms with Gasteiger partial charge < -0.3 is 0 Å². The lowest BCUT2D eigenvalue weighted by Gasteiger charge is -2.05. The van der Waals surface area contributed by atoms with Crippen molar-refractivity contribution in [1.82, 2.24) is 0 Å². The Kier molecular flexibility index (Phi) is 16.4. The number of hydrogen-bond donors (Lipinski definition) is 0. The average Bonchev–Trinajstić information content (AvgIpc) is 2.56. The first kappa shape index (κ1) is 21.3. The molecule has 2 aliphatic rings. The summed E-state index contributed by atoms with van der Waals surface area (Å²) in [6, 6.07) is 0. The van der Waals surface area contributed by atoms with E-state index in [0.29, 0.717) is 0 Å². The van der Waals surface area contributed by atoms with Gasteiger partial charge in [0.2, 0.25) is 0 Å². The van der Waals surface area contributed by atoms with Gasteiger partial charge in [-0.1, -0.05) is 126 Å². The third kappa shape index (κ3) is 16.1. The zero-order valence-corrected chi connectivity index (χ0v) is 16.2. The maximum absolute atomic E-state index is 2.26. The fraction of sp³-hybridized carbons (Fsp3) is 0.750. The van der Waals surface area contributed by atoms with E-state index < -0.39 is 0 Å². The van der Waals surface area contributed by atoms with Gasteiger partial charge >= 0.3 is 0 Å². The van der Waals surface area contributed by atoms with Crippen molar-refractivity contribution in [2.45, 2.75) is 116 Å². The molecule has 0 amide bonds. The highest BCUT2D eigenvalue weighted by atomic mass is 14.0. The maximum Gasteiger partial charge on any atom is -0.0348 e. The summed E-state index contributed by atoms with van der Waals surface area (Å²) in [5.74, 6) is 0. The van der Waals surface area contributed by atoms with E-state index in [2.05, 4.69) is 36.5 Å². The lowest BCUT2D eigenvalue weighted by Crippen LogP contribution is -1.85. The first-order chi connectivity index (χ1) is 12.0. The van der Waals surface area contributed by atoms with Gasteiger partial charge in [-0.25, -0.2) is 0 Å². The van der Waals surface area contributed by atoms with Gasteiger partial charge in [0.05, 0.1) is 0 Å². The molecule has 24 heavy (non-hydrogen) atoms. The van der Waals surface area contributed by atoms with Crippen molar-refractivity contribution in [1.29, 1.82) is 0 Å². The molecule has 2 rings (SSSR count). The number of rotatable bonds is 0. The summed E-state index contributed by atoms with van der Waals surface area (Å²) in [6.45, 7) is 0. The molecule has 0 unspecified atom stereocenters. The summed E-state index contributed by atoms with van der Waals surface area (Å²) in [5, 5.41) is 0. The molecule has 0 spiro atoms. The van der Waals surface area contributed by atoms with E-state index in [1.807, 2.05) is 0 Å². The Bertz CT molecular complexity index is 258. The molecule has 0 heteroatoms. The zero-order valence-electron chi connectivity index (χ0n) is 16.2. The van der Waals surface area contributed by atoms with Crippen LogP contribution in [0.5, 0.6) is 0 Å². The molecule has 0 N–H and O–H groups in total. The SMILES string of the molecule is C1=CC=CCCCCCCC=C1.C1CCCCCCCCCCC1. The summed E-state index contributed by atoms with van der Waals surface area (Å²) in [7, 11) is 0. The van der Waals surface area contributed by atoms with Crippen LogP contribution in [-0.2, 0) is 0 Å². The van der Waals surface area contributed by atoms with E-state index in [0.717, 1.165) is 0 Å². The summed E-state index contributed by atoms with van der Waals surface area (Å²) >= 11 is 0. The molecule has 2 aliphatic carbocycles. The van der Waals surface area contributed by atoms with Crippen molar-refractivity contribution in [3.63, 3.8) is 0 Å². The van der Waals surface area contributed by atoms with Crippen LogP contribution >= 0.6 is 0 Å². The molecule has 0 radical (unpaired) electrons. The third-order valence-electron chi connectivity index (χ3n) is 5.10. The second-order valence-corrected chi connectivity index (χ2v) is 7.48. The van der Waals surface area contributed by atoms with Crippen molar-refractivity contribution in [3.05, 3.63) is 36.5 Å². The molecule has 0 atom stereocenters.